The maximum Gasteiger partial charge on any atom is 0.197 e. The van der Waals surface area contributed by atoms with Crippen LogP contribution in [0.2, 0.25) is 5.02 Å². The first-order chi connectivity index (χ1) is 11.7. The van der Waals surface area contributed by atoms with Gasteiger partial charge in [-0.25, -0.2) is 9.50 Å². The molecule has 6 nitrogen and oxygen atoms in total. The van der Waals surface area contributed by atoms with Gasteiger partial charge in [-0.3, -0.25) is 0 Å². The minimum atomic E-state index is 0.565. The SMILES string of the molecule is C=CCn1cnnc1Sc1nc2c(Cl)c(C)nn2c2ccccc12. The average Bonchev–Trinajstić information content (AvgIpc) is 3.14. The van der Waals surface area contributed by atoms with E-state index in [1.165, 1.54) is 11.8 Å². The number of aryl methyl sites for hydroxylation is 1. The summed E-state index contributed by atoms with van der Waals surface area (Å²) in [5, 5.41) is 15.8. The molecule has 0 saturated heterocycles. The molecule has 3 heterocycles. The fourth-order valence-electron chi connectivity index (χ4n) is 2.51. The summed E-state index contributed by atoms with van der Waals surface area (Å²) in [5.41, 5.74) is 2.35. The zero-order chi connectivity index (χ0) is 16.7. The molecule has 0 amide bonds. The Bertz CT molecular complexity index is 1070. The van der Waals surface area contributed by atoms with Gasteiger partial charge >= 0.3 is 0 Å². The van der Waals surface area contributed by atoms with Gasteiger partial charge in [-0.05, 0) is 24.8 Å². The molecule has 4 aromatic rings. The molecule has 0 saturated carbocycles. The first kappa shape index (κ1) is 15.2. The number of para-hydroxylation sites is 1. The lowest BCUT2D eigenvalue weighted by Gasteiger charge is -2.08. The zero-order valence-electron chi connectivity index (χ0n) is 12.8. The van der Waals surface area contributed by atoms with Crippen molar-refractivity contribution in [1.82, 2.24) is 29.4 Å². The minimum absolute atomic E-state index is 0.565. The number of rotatable bonds is 4. The van der Waals surface area contributed by atoms with Crippen molar-refractivity contribution in [3.63, 3.8) is 0 Å². The molecule has 1 aromatic carbocycles. The van der Waals surface area contributed by atoms with Gasteiger partial charge in [-0.2, -0.15) is 5.10 Å². The Morgan fingerprint density at radius 2 is 2.17 bits per heavy atom. The number of hydrogen-bond acceptors (Lipinski definition) is 5. The molecule has 0 radical (unpaired) electrons. The summed E-state index contributed by atoms with van der Waals surface area (Å²) in [5.74, 6) is 0. The van der Waals surface area contributed by atoms with Crippen LogP contribution in [0.1, 0.15) is 5.69 Å². The Kier molecular flexibility index (Phi) is 3.74. The molecule has 0 aliphatic carbocycles. The molecule has 0 atom stereocenters. The van der Waals surface area contributed by atoms with Gasteiger partial charge in [0.15, 0.2) is 10.8 Å². The number of halogens is 1. The molecule has 0 bridgehead atoms. The fraction of sp³-hybridized carbons (Fsp3) is 0.125. The second-order valence-electron chi connectivity index (χ2n) is 5.23. The van der Waals surface area contributed by atoms with E-state index in [0.717, 1.165) is 26.8 Å². The van der Waals surface area contributed by atoms with Crippen LogP contribution in [0.4, 0.5) is 0 Å². The lowest BCUT2D eigenvalue weighted by molar-refractivity contribution is 0.724. The van der Waals surface area contributed by atoms with Crippen molar-refractivity contribution in [3.05, 3.63) is 54.0 Å². The van der Waals surface area contributed by atoms with Gasteiger partial charge in [0.2, 0.25) is 0 Å². The molecular weight excluding hydrogens is 344 g/mol. The lowest BCUT2D eigenvalue weighted by atomic mass is 10.2. The van der Waals surface area contributed by atoms with Gasteiger partial charge in [-0.1, -0.05) is 35.9 Å². The van der Waals surface area contributed by atoms with Crippen LogP contribution >= 0.6 is 23.4 Å². The van der Waals surface area contributed by atoms with E-state index >= 15 is 0 Å². The summed E-state index contributed by atoms with van der Waals surface area (Å²) in [7, 11) is 0. The van der Waals surface area contributed by atoms with E-state index in [-0.39, 0.29) is 0 Å². The average molecular weight is 357 g/mol. The van der Waals surface area contributed by atoms with Crippen molar-refractivity contribution in [2.75, 3.05) is 0 Å². The Labute approximate surface area is 147 Å². The van der Waals surface area contributed by atoms with Crippen LogP contribution in [0.5, 0.6) is 0 Å². The standard InChI is InChI=1S/C16H13ClN6S/c1-3-8-22-9-18-20-16(22)24-15-11-6-4-5-7-12(11)23-14(19-15)13(17)10(2)21-23/h3-7,9H,1,8H2,2H3. The predicted molar refractivity (Wildman–Crippen MR) is 94.6 cm³/mol. The number of hydrogen-bond donors (Lipinski definition) is 0. The molecule has 4 rings (SSSR count). The topological polar surface area (TPSA) is 60.9 Å². The fourth-order valence-corrected chi connectivity index (χ4v) is 3.58. The number of nitrogens with zero attached hydrogens (tertiary/aromatic N) is 6. The molecule has 24 heavy (non-hydrogen) atoms. The van der Waals surface area contributed by atoms with Crippen LogP contribution in [0.3, 0.4) is 0 Å². The summed E-state index contributed by atoms with van der Waals surface area (Å²) in [6, 6.07) is 7.97. The van der Waals surface area contributed by atoms with Crippen molar-refractivity contribution >= 4 is 39.9 Å². The van der Waals surface area contributed by atoms with Gasteiger partial charge in [0, 0.05) is 11.9 Å². The summed E-state index contributed by atoms with van der Waals surface area (Å²) in [6.45, 7) is 6.27. The van der Waals surface area contributed by atoms with Crippen molar-refractivity contribution in [2.24, 2.45) is 0 Å². The van der Waals surface area contributed by atoms with E-state index in [1.54, 1.807) is 16.9 Å². The zero-order valence-corrected chi connectivity index (χ0v) is 14.4. The monoisotopic (exact) mass is 356 g/mol. The third kappa shape index (κ3) is 2.37. The highest BCUT2D eigenvalue weighted by atomic mass is 35.5. The van der Waals surface area contributed by atoms with E-state index in [1.807, 2.05) is 35.8 Å². The Morgan fingerprint density at radius 1 is 1.33 bits per heavy atom. The quantitative estimate of drug-likeness (QED) is 0.411. The number of benzene rings is 1. The van der Waals surface area contributed by atoms with Crippen molar-refractivity contribution in [3.8, 4) is 0 Å². The maximum absolute atomic E-state index is 6.38. The Balaban J connectivity index is 1.94. The third-order valence-electron chi connectivity index (χ3n) is 3.63. The number of aromatic nitrogens is 6. The second kappa shape index (κ2) is 5.92. The highest BCUT2D eigenvalue weighted by Gasteiger charge is 2.17. The van der Waals surface area contributed by atoms with Gasteiger partial charge < -0.3 is 4.57 Å². The van der Waals surface area contributed by atoms with Gasteiger partial charge in [0.05, 0.1) is 11.2 Å². The molecule has 3 aromatic heterocycles. The summed E-state index contributed by atoms with van der Waals surface area (Å²) in [4.78, 5) is 4.72. The van der Waals surface area contributed by atoms with Gasteiger partial charge in [0.1, 0.15) is 16.4 Å². The lowest BCUT2D eigenvalue weighted by Crippen LogP contribution is -1.99. The Morgan fingerprint density at radius 3 is 3.00 bits per heavy atom. The van der Waals surface area contributed by atoms with Crippen LogP contribution in [-0.4, -0.2) is 29.4 Å². The maximum atomic E-state index is 6.38. The van der Waals surface area contributed by atoms with Crippen LogP contribution in [-0.2, 0) is 6.54 Å². The van der Waals surface area contributed by atoms with Crippen molar-refractivity contribution < 1.29 is 0 Å². The van der Waals surface area contributed by atoms with Gasteiger partial charge in [0.25, 0.3) is 0 Å². The molecule has 0 spiro atoms. The number of allylic oxidation sites excluding steroid dienone is 1. The summed E-state index contributed by atoms with van der Waals surface area (Å²) >= 11 is 7.83. The van der Waals surface area contributed by atoms with E-state index in [4.69, 9.17) is 16.6 Å². The molecule has 120 valence electrons. The predicted octanol–water partition coefficient (Wildman–Crippen LogP) is 3.77. The van der Waals surface area contributed by atoms with E-state index in [2.05, 4.69) is 21.9 Å². The van der Waals surface area contributed by atoms with Crippen LogP contribution < -0.4 is 0 Å². The first-order valence-corrected chi connectivity index (χ1v) is 8.48. The van der Waals surface area contributed by atoms with Crippen molar-refractivity contribution in [1.29, 1.82) is 0 Å². The second-order valence-corrected chi connectivity index (χ2v) is 6.56. The first-order valence-electron chi connectivity index (χ1n) is 7.29. The largest absolute Gasteiger partial charge is 0.304 e. The van der Waals surface area contributed by atoms with E-state index in [9.17, 15) is 0 Å². The van der Waals surface area contributed by atoms with Crippen molar-refractivity contribution in [2.45, 2.75) is 23.7 Å². The highest BCUT2D eigenvalue weighted by molar-refractivity contribution is 7.99. The van der Waals surface area contributed by atoms with E-state index < -0.39 is 0 Å². The highest BCUT2D eigenvalue weighted by Crippen LogP contribution is 2.33. The summed E-state index contributed by atoms with van der Waals surface area (Å²) < 4.78 is 3.70. The molecule has 0 aliphatic heterocycles. The normalized spacial score (nSPS) is 11.4. The summed E-state index contributed by atoms with van der Waals surface area (Å²) in [6.07, 6.45) is 3.49. The van der Waals surface area contributed by atoms with Gasteiger partial charge in [-0.15, -0.1) is 16.8 Å². The molecule has 8 heteroatoms. The molecular formula is C16H13ClN6S. The Hall–Kier alpha value is -2.38. The molecule has 0 unspecified atom stereocenters. The van der Waals surface area contributed by atoms with Crippen LogP contribution in [0.15, 0.2) is 53.4 Å². The smallest absolute Gasteiger partial charge is 0.197 e. The minimum Gasteiger partial charge on any atom is -0.304 e. The van der Waals surface area contributed by atoms with Crippen LogP contribution in [0.25, 0.3) is 16.6 Å². The van der Waals surface area contributed by atoms with Crippen LogP contribution in [0, 0.1) is 6.92 Å². The van der Waals surface area contributed by atoms with E-state index in [0.29, 0.717) is 17.2 Å². The molecule has 0 N–H and O–H groups in total. The molecule has 0 fully saturated rings. The number of fused-ring (bicyclic) bond motifs is 3. The molecule has 0 aliphatic rings. The third-order valence-corrected chi connectivity index (χ3v) is 5.07.